The maximum atomic E-state index is 13.4. The van der Waals surface area contributed by atoms with Gasteiger partial charge in [0.25, 0.3) is 5.91 Å². The first kappa shape index (κ1) is 18.1. The van der Waals surface area contributed by atoms with Crippen LogP contribution < -0.4 is 10.3 Å². The quantitative estimate of drug-likeness (QED) is 0.399. The maximum absolute atomic E-state index is 13.4. The lowest BCUT2D eigenvalue weighted by Crippen LogP contribution is -2.29. The highest BCUT2D eigenvalue weighted by Gasteiger charge is 2.44. The van der Waals surface area contributed by atoms with Gasteiger partial charge in [-0.15, -0.1) is 0 Å². The largest absolute Gasteiger partial charge is 0.450 e. The molecule has 1 atom stereocenters. The van der Waals surface area contributed by atoms with Crippen molar-refractivity contribution in [2.24, 2.45) is 0 Å². The molecule has 29 heavy (non-hydrogen) atoms. The van der Waals surface area contributed by atoms with E-state index in [-0.39, 0.29) is 16.8 Å². The van der Waals surface area contributed by atoms with E-state index in [0.717, 1.165) is 4.47 Å². The number of halogens is 2. The average molecular weight is 472 g/mol. The van der Waals surface area contributed by atoms with E-state index in [0.29, 0.717) is 33.1 Å². The zero-order valence-electron chi connectivity index (χ0n) is 15.0. The fourth-order valence-electron chi connectivity index (χ4n) is 3.61. The van der Waals surface area contributed by atoms with Crippen molar-refractivity contribution in [2.45, 2.75) is 13.0 Å². The van der Waals surface area contributed by atoms with Gasteiger partial charge in [0.2, 0.25) is 5.76 Å². The lowest BCUT2D eigenvalue weighted by Gasteiger charge is -2.22. The number of aryl methyl sites for hydroxylation is 1. The number of amides is 1. The summed E-state index contributed by atoms with van der Waals surface area (Å²) in [5, 5.41) is 4.93. The Labute approximate surface area is 177 Å². The monoisotopic (exact) mass is 470 g/mol. The molecule has 5 rings (SSSR count). The van der Waals surface area contributed by atoms with E-state index >= 15 is 0 Å². The summed E-state index contributed by atoms with van der Waals surface area (Å²) in [6, 6.07) is 13.0. The third-order valence-electron chi connectivity index (χ3n) is 4.88. The van der Waals surface area contributed by atoms with Crippen LogP contribution in [0.5, 0.6) is 0 Å². The third kappa shape index (κ3) is 2.81. The predicted octanol–water partition coefficient (Wildman–Crippen LogP) is 5.26. The molecule has 0 spiro atoms. The molecule has 8 heteroatoms. The molecule has 0 aliphatic carbocycles. The van der Waals surface area contributed by atoms with E-state index in [2.05, 4.69) is 21.1 Å². The summed E-state index contributed by atoms with van der Waals surface area (Å²) in [5.41, 5.74) is 1.06. The van der Waals surface area contributed by atoms with Gasteiger partial charge in [0.15, 0.2) is 11.2 Å². The van der Waals surface area contributed by atoms with Crippen molar-refractivity contribution in [3.05, 3.63) is 90.9 Å². The van der Waals surface area contributed by atoms with Crippen molar-refractivity contribution in [1.82, 2.24) is 5.16 Å². The lowest BCUT2D eigenvalue weighted by atomic mass is 9.98. The number of benzene rings is 2. The summed E-state index contributed by atoms with van der Waals surface area (Å²) in [7, 11) is 0. The minimum atomic E-state index is -0.709. The molecule has 0 fully saturated rings. The van der Waals surface area contributed by atoms with Crippen LogP contribution in [0.4, 0.5) is 5.82 Å². The lowest BCUT2D eigenvalue weighted by molar-refractivity contribution is 0.0969. The number of aromatic nitrogens is 1. The highest BCUT2D eigenvalue weighted by molar-refractivity contribution is 9.10. The van der Waals surface area contributed by atoms with Crippen LogP contribution in [-0.2, 0) is 0 Å². The molecule has 0 unspecified atom stereocenters. The number of hydrogen-bond donors (Lipinski definition) is 0. The van der Waals surface area contributed by atoms with Crippen LogP contribution in [0.25, 0.3) is 11.0 Å². The van der Waals surface area contributed by atoms with E-state index in [1.54, 1.807) is 55.5 Å². The minimum absolute atomic E-state index is 0.00502. The van der Waals surface area contributed by atoms with Gasteiger partial charge in [0.05, 0.1) is 17.0 Å². The fourth-order valence-corrected chi connectivity index (χ4v) is 4.10. The topological polar surface area (TPSA) is 76.6 Å². The van der Waals surface area contributed by atoms with Gasteiger partial charge in [-0.05, 0) is 42.8 Å². The van der Waals surface area contributed by atoms with Crippen molar-refractivity contribution in [3.63, 3.8) is 0 Å². The van der Waals surface area contributed by atoms with Gasteiger partial charge >= 0.3 is 0 Å². The Morgan fingerprint density at radius 1 is 1.10 bits per heavy atom. The molecule has 0 bridgehead atoms. The first-order chi connectivity index (χ1) is 13.9. The first-order valence-corrected chi connectivity index (χ1v) is 9.90. The summed E-state index contributed by atoms with van der Waals surface area (Å²) >= 11 is 9.42. The van der Waals surface area contributed by atoms with E-state index in [1.165, 1.54) is 4.90 Å². The second-order valence-electron chi connectivity index (χ2n) is 6.74. The number of hydrogen-bond acceptors (Lipinski definition) is 5. The Morgan fingerprint density at radius 2 is 1.86 bits per heavy atom. The fraction of sp³-hybridized carbons (Fsp3) is 0.0952. The standard InChI is InChI=1S/C21H12BrClN2O4/c1-10-8-16(24-29-10)25-18(11-2-5-13(23)6-3-11)17-19(26)14-9-12(22)4-7-15(14)28-20(17)21(25)27/h2-9,18H,1H3/t18-/m1/s1. The molecular weight excluding hydrogens is 460 g/mol. The number of nitrogens with zero attached hydrogens (tertiary/aromatic N) is 2. The molecule has 0 radical (unpaired) electrons. The summed E-state index contributed by atoms with van der Waals surface area (Å²) in [4.78, 5) is 28.1. The molecule has 6 nitrogen and oxygen atoms in total. The second-order valence-corrected chi connectivity index (χ2v) is 8.09. The zero-order valence-corrected chi connectivity index (χ0v) is 17.3. The number of rotatable bonds is 2. The smallest absolute Gasteiger partial charge is 0.296 e. The van der Waals surface area contributed by atoms with Gasteiger partial charge in [-0.2, -0.15) is 0 Å². The van der Waals surface area contributed by atoms with Gasteiger partial charge in [0, 0.05) is 15.6 Å². The van der Waals surface area contributed by atoms with E-state index in [1.807, 2.05) is 0 Å². The van der Waals surface area contributed by atoms with Gasteiger partial charge < -0.3 is 8.94 Å². The molecule has 1 aliphatic heterocycles. The van der Waals surface area contributed by atoms with E-state index < -0.39 is 11.9 Å². The van der Waals surface area contributed by atoms with Crippen LogP contribution in [-0.4, -0.2) is 11.1 Å². The molecule has 1 aliphatic rings. The SMILES string of the molecule is Cc1cc(N2C(=O)c3oc4ccc(Br)cc4c(=O)c3[C@H]2c2ccc(Cl)cc2)no1. The number of carbonyl (C=O) groups is 1. The molecule has 0 saturated heterocycles. The third-order valence-corrected chi connectivity index (χ3v) is 5.63. The Morgan fingerprint density at radius 3 is 2.55 bits per heavy atom. The van der Waals surface area contributed by atoms with Crippen molar-refractivity contribution < 1.29 is 13.7 Å². The Bertz CT molecular complexity index is 1340. The molecule has 1 amide bonds. The van der Waals surface area contributed by atoms with Crippen LogP contribution in [0.1, 0.15) is 33.5 Å². The van der Waals surface area contributed by atoms with Gasteiger partial charge in [-0.3, -0.25) is 14.5 Å². The number of anilines is 1. The van der Waals surface area contributed by atoms with E-state index in [9.17, 15) is 9.59 Å². The van der Waals surface area contributed by atoms with Crippen LogP contribution in [0, 0.1) is 6.92 Å². The molecule has 2 aromatic heterocycles. The first-order valence-electron chi connectivity index (χ1n) is 8.72. The molecule has 3 heterocycles. The molecule has 144 valence electrons. The van der Waals surface area contributed by atoms with Crippen LogP contribution in [0.3, 0.4) is 0 Å². The summed E-state index contributed by atoms with van der Waals surface area (Å²) in [6.07, 6.45) is 0. The summed E-state index contributed by atoms with van der Waals surface area (Å²) in [6.45, 7) is 1.73. The van der Waals surface area contributed by atoms with E-state index in [4.69, 9.17) is 20.5 Å². The highest BCUT2D eigenvalue weighted by atomic mass is 79.9. The van der Waals surface area contributed by atoms with Crippen molar-refractivity contribution in [1.29, 1.82) is 0 Å². The minimum Gasteiger partial charge on any atom is -0.450 e. The van der Waals surface area contributed by atoms with Crippen molar-refractivity contribution in [3.8, 4) is 0 Å². The molecule has 0 saturated carbocycles. The maximum Gasteiger partial charge on any atom is 0.296 e. The number of fused-ring (bicyclic) bond motifs is 2. The molecule has 0 N–H and O–H groups in total. The Hall–Kier alpha value is -2.90. The number of carbonyl (C=O) groups excluding carboxylic acids is 1. The molecular formula is C21H12BrClN2O4. The van der Waals surface area contributed by atoms with Gasteiger partial charge in [-0.25, -0.2) is 0 Å². The summed E-state index contributed by atoms with van der Waals surface area (Å²) < 4.78 is 11.8. The van der Waals surface area contributed by atoms with Crippen LogP contribution in [0.15, 0.2) is 66.7 Å². The van der Waals surface area contributed by atoms with Gasteiger partial charge in [0.1, 0.15) is 11.3 Å². The highest BCUT2D eigenvalue weighted by Crippen LogP contribution is 2.41. The zero-order chi connectivity index (χ0) is 20.3. The second kappa shape index (κ2) is 6.57. The predicted molar refractivity (Wildman–Crippen MR) is 112 cm³/mol. The van der Waals surface area contributed by atoms with Crippen LogP contribution in [0.2, 0.25) is 5.02 Å². The van der Waals surface area contributed by atoms with Crippen molar-refractivity contribution >= 4 is 50.2 Å². The molecule has 2 aromatic carbocycles. The average Bonchev–Trinajstić information content (AvgIpc) is 3.25. The Balaban J connectivity index is 1.83. The molecule has 4 aromatic rings. The Kier molecular flexibility index (Phi) is 4.11. The summed E-state index contributed by atoms with van der Waals surface area (Å²) in [5.74, 6) is 0.413. The van der Waals surface area contributed by atoms with Crippen molar-refractivity contribution in [2.75, 3.05) is 4.90 Å². The normalized spacial score (nSPS) is 15.9. The van der Waals surface area contributed by atoms with Crippen LogP contribution >= 0.6 is 27.5 Å². The van der Waals surface area contributed by atoms with Gasteiger partial charge in [-0.1, -0.05) is 44.8 Å².